The number of hydrogen-bond donors (Lipinski definition) is 3. The number of carbonyl (C=O) groups is 1. The van der Waals surface area contributed by atoms with Gasteiger partial charge in [0.1, 0.15) is 5.82 Å². The highest BCUT2D eigenvalue weighted by molar-refractivity contribution is 5.79. The van der Waals surface area contributed by atoms with Gasteiger partial charge in [0.25, 0.3) is 5.91 Å². The van der Waals surface area contributed by atoms with Gasteiger partial charge in [-0.1, -0.05) is 6.07 Å². The first kappa shape index (κ1) is 14.2. The van der Waals surface area contributed by atoms with E-state index < -0.39 is 0 Å². The predicted molar refractivity (Wildman–Crippen MR) is 80.7 cm³/mol. The number of likely N-dealkylation sites (tertiary alicyclic amines) is 1. The SMILES string of the molecule is O=C(CN1CC(N2CCNCC2)C1)NNc1ccccn1. The van der Waals surface area contributed by atoms with Crippen LogP contribution in [-0.2, 0) is 4.79 Å². The van der Waals surface area contributed by atoms with Gasteiger partial charge in [-0.15, -0.1) is 0 Å². The van der Waals surface area contributed by atoms with Crippen molar-refractivity contribution in [2.24, 2.45) is 0 Å². The van der Waals surface area contributed by atoms with Crippen LogP contribution in [-0.4, -0.2) is 72.5 Å². The maximum absolute atomic E-state index is 11.8. The van der Waals surface area contributed by atoms with Crippen molar-refractivity contribution in [3.05, 3.63) is 24.4 Å². The molecule has 2 saturated heterocycles. The molecule has 2 fully saturated rings. The summed E-state index contributed by atoms with van der Waals surface area (Å²) in [4.78, 5) is 20.6. The minimum absolute atomic E-state index is 0.0283. The largest absolute Gasteiger partial charge is 0.314 e. The summed E-state index contributed by atoms with van der Waals surface area (Å²) in [5.74, 6) is 0.618. The van der Waals surface area contributed by atoms with Crippen LogP contribution in [0, 0.1) is 0 Å². The summed E-state index contributed by atoms with van der Waals surface area (Å²) in [6.45, 7) is 6.78. The minimum atomic E-state index is -0.0283. The Morgan fingerprint density at radius 3 is 2.86 bits per heavy atom. The Labute approximate surface area is 124 Å². The van der Waals surface area contributed by atoms with Gasteiger partial charge in [-0.05, 0) is 12.1 Å². The Balaban J connectivity index is 1.33. The lowest BCUT2D eigenvalue weighted by molar-refractivity contribution is -0.123. The average Bonchev–Trinajstić information content (AvgIpc) is 2.50. The molecule has 7 heteroatoms. The van der Waals surface area contributed by atoms with E-state index in [9.17, 15) is 4.79 Å². The van der Waals surface area contributed by atoms with E-state index in [1.54, 1.807) is 6.20 Å². The van der Waals surface area contributed by atoms with Gasteiger partial charge in [0.05, 0.1) is 6.54 Å². The normalized spacial score (nSPS) is 20.8. The lowest BCUT2D eigenvalue weighted by Gasteiger charge is -2.46. The van der Waals surface area contributed by atoms with Crippen LogP contribution in [0.5, 0.6) is 0 Å². The first-order valence-corrected chi connectivity index (χ1v) is 7.44. The molecule has 0 atom stereocenters. The number of nitrogens with zero attached hydrogens (tertiary/aromatic N) is 3. The molecule has 0 saturated carbocycles. The van der Waals surface area contributed by atoms with E-state index in [0.29, 0.717) is 18.4 Å². The average molecular weight is 290 g/mol. The van der Waals surface area contributed by atoms with Crippen LogP contribution >= 0.6 is 0 Å². The van der Waals surface area contributed by atoms with Crippen LogP contribution in [0.4, 0.5) is 5.82 Å². The molecule has 0 aromatic carbocycles. The number of anilines is 1. The van der Waals surface area contributed by atoms with E-state index in [0.717, 1.165) is 39.3 Å². The number of hydrazine groups is 1. The van der Waals surface area contributed by atoms with Gasteiger partial charge in [0, 0.05) is 51.5 Å². The van der Waals surface area contributed by atoms with E-state index in [-0.39, 0.29) is 5.91 Å². The van der Waals surface area contributed by atoms with Crippen LogP contribution in [0.15, 0.2) is 24.4 Å². The fourth-order valence-corrected chi connectivity index (χ4v) is 2.76. The molecule has 21 heavy (non-hydrogen) atoms. The smallest absolute Gasteiger partial charge is 0.252 e. The van der Waals surface area contributed by atoms with E-state index >= 15 is 0 Å². The Morgan fingerprint density at radius 2 is 2.14 bits per heavy atom. The number of hydrogen-bond acceptors (Lipinski definition) is 6. The second-order valence-corrected chi connectivity index (χ2v) is 5.52. The molecule has 3 rings (SSSR count). The van der Waals surface area contributed by atoms with E-state index in [1.165, 1.54) is 0 Å². The summed E-state index contributed by atoms with van der Waals surface area (Å²) in [5.41, 5.74) is 5.49. The summed E-state index contributed by atoms with van der Waals surface area (Å²) >= 11 is 0. The van der Waals surface area contributed by atoms with Crippen LogP contribution in [0.25, 0.3) is 0 Å². The molecule has 0 aliphatic carbocycles. The molecule has 0 spiro atoms. The van der Waals surface area contributed by atoms with Crippen LogP contribution in [0.2, 0.25) is 0 Å². The standard InChI is InChI=1S/C14H22N6O/c21-14(18-17-13-3-1-2-4-16-13)11-19-9-12(10-19)20-7-5-15-6-8-20/h1-4,12,15H,5-11H2,(H,16,17)(H,18,21). The topological polar surface area (TPSA) is 72.5 Å². The highest BCUT2D eigenvalue weighted by Crippen LogP contribution is 2.14. The first-order valence-electron chi connectivity index (χ1n) is 7.44. The molecule has 1 amide bonds. The fraction of sp³-hybridized carbons (Fsp3) is 0.571. The van der Waals surface area contributed by atoms with Gasteiger partial charge in [-0.25, -0.2) is 4.98 Å². The maximum atomic E-state index is 11.8. The summed E-state index contributed by atoms with van der Waals surface area (Å²) in [5, 5.41) is 3.36. The molecule has 2 aliphatic rings. The van der Waals surface area contributed by atoms with Crippen molar-refractivity contribution in [3.8, 4) is 0 Å². The summed E-state index contributed by atoms with van der Waals surface area (Å²) < 4.78 is 0. The van der Waals surface area contributed by atoms with E-state index in [2.05, 4.69) is 31.0 Å². The number of nitrogens with one attached hydrogen (secondary N) is 3. The molecule has 1 aromatic rings. The summed E-state index contributed by atoms with van der Waals surface area (Å²) in [6, 6.07) is 6.13. The molecule has 3 N–H and O–H groups in total. The van der Waals surface area contributed by atoms with Gasteiger partial charge in [0.15, 0.2) is 0 Å². The van der Waals surface area contributed by atoms with E-state index in [4.69, 9.17) is 0 Å². The molecule has 7 nitrogen and oxygen atoms in total. The third-order valence-electron chi connectivity index (χ3n) is 3.97. The third-order valence-corrected chi connectivity index (χ3v) is 3.97. The molecule has 1 aromatic heterocycles. The minimum Gasteiger partial charge on any atom is -0.314 e. The van der Waals surface area contributed by atoms with Gasteiger partial charge >= 0.3 is 0 Å². The van der Waals surface area contributed by atoms with Gasteiger partial charge in [0.2, 0.25) is 0 Å². The highest BCUT2D eigenvalue weighted by atomic mass is 16.2. The summed E-state index contributed by atoms with van der Waals surface area (Å²) in [6.07, 6.45) is 1.68. The fourth-order valence-electron chi connectivity index (χ4n) is 2.76. The van der Waals surface area contributed by atoms with Gasteiger partial charge < -0.3 is 5.32 Å². The molecular weight excluding hydrogens is 268 g/mol. The van der Waals surface area contributed by atoms with Gasteiger partial charge in [-0.3, -0.25) is 25.4 Å². The molecule has 0 radical (unpaired) electrons. The molecule has 3 heterocycles. The Bertz CT molecular complexity index is 456. The zero-order chi connectivity index (χ0) is 14.5. The molecule has 2 aliphatic heterocycles. The Kier molecular flexibility index (Phi) is 4.64. The third kappa shape index (κ3) is 3.90. The number of aromatic nitrogens is 1. The molecule has 0 bridgehead atoms. The van der Waals surface area contributed by atoms with Gasteiger partial charge in [-0.2, -0.15) is 0 Å². The summed E-state index contributed by atoms with van der Waals surface area (Å²) in [7, 11) is 0. The van der Waals surface area contributed by atoms with Crippen molar-refractivity contribution in [3.63, 3.8) is 0 Å². The zero-order valence-electron chi connectivity index (χ0n) is 12.1. The van der Waals surface area contributed by atoms with Crippen LogP contribution in [0.3, 0.4) is 0 Å². The van der Waals surface area contributed by atoms with Crippen molar-refractivity contribution in [1.29, 1.82) is 0 Å². The second-order valence-electron chi connectivity index (χ2n) is 5.52. The van der Waals surface area contributed by atoms with Crippen molar-refractivity contribution in [2.75, 3.05) is 51.2 Å². The Hall–Kier alpha value is -1.70. The number of carbonyl (C=O) groups excluding carboxylic acids is 1. The van der Waals surface area contributed by atoms with Crippen molar-refractivity contribution >= 4 is 11.7 Å². The lowest BCUT2D eigenvalue weighted by Crippen LogP contribution is -2.63. The number of amides is 1. The first-order chi connectivity index (χ1) is 10.3. The van der Waals surface area contributed by atoms with Crippen LogP contribution < -0.4 is 16.2 Å². The van der Waals surface area contributed by atoms with E-state index in [1.807, 2.05) is 18.2 Å². The Morgan fingerprint density at radius 1 is 1.33 bits per heavy atom. The number of pyridine rings is 1. The van der Waals surface area contributed by atoms with Crippen LogP contribution in [0.1, 0.15) is 0 Å². The predicted octanol–water partition coefficient (Wildman–Crippen LogP) is -0.886. The molecule has 0 unspecified atom stereocenters. The number of piperazine rings is 1. The lowest BCUT2D eigenvalue weighted by atomic mass is 10.1. The molecule has 114 valence electrons. The molecular formula is C14H22N6O. The zero-order valence-corrected chi connectivity index (χ0v) is 12.1. The second kappa shape index (κ2) is 6.84. The van der Waals surface area contributed by atoms with Crippen molar-refractivity contribution < 1.29 is 4.79 Å². The maximum Gasteiger partial charge on any atom is 0.252 e. The number of rotatable bonds is 5. The highest BCUT2D eigenvalue weighted by Gasteiger charge is 2.32. The monoisotopic (exact) mass is 290 g/mol. The quantitative estimate of drug-likeness (QED) is 0.611. The van der Waals surface area contributed by atoms with Crippen molar-refractivity contribution in [2.45, 2.75) is 6.04 Å². The van der Waals surface area contributed by atoms with Crippen molar-refractivity contribution in [1.82, 2.24) is 25.5 Å².